The summed E-state index contributed by atoms with van der Waals surface area (Å²) in [5, 5.41) is 11.6. The lowest BCUT2D eigenvalue weighted by Crippen LogP contribution is -2.74. The van der Waals surface area contributed by atoms with E-state index in [1.165, 1.54) is 13.8 Å². The number of hydrogen-bond acceptors (Lipinski definition) is 11. The molecule has 0 aromatic heterocycles. The number of ether oxygens (including phenoxy) is 7. The number of carbonyl (C=O) groups is 3. The van der Waals surface area contributed by atoms with Crippen LogP contribution >= 0.6 is 0 Å². The number of esters is 3. The summed E-state index contributed by atoms with van der Waals surface area (Å²) < 4.78 is 42.4. The van der Waals surface area contributed by atoms with Crippen LogP contribution in [0.5, 0.6) is 0 Å². The highest BCUT2D eigenvalue weighted by Crippen LogP contribution is 2.70. The van der Waals surface area contributed by atoms with E-state index in [1.807, 2.05) is 6.92 Å². The van der Waals surface area contributed by atoms with Gasteiger partial charge in [-0.1, -0.05) is 27.7 Å². The smallest absolute Gasteiger partial charge is 0.308 e. The zero-order valence-corrected chi connectivity index (χ0v) is 25.3. The molecule has 5 fully saturated rings. The van der Waals surface area contributed by atoms with Gasteiger partial charge in [-0.25, -0.2) is 0 Å². The maximum absolute atomic E-state index is 12.8. The van der Waals surface area contributed by atoms with Gasteiger partial charge in [0.2, 0.25) is 0 Å². The average molecular weight is 583 g/mol. The van der Waals surface area contributed by atoms with Crippen molar-refractivity contribution in [1.82, 2.24) is 0 Å². The van der Waals surface area contributed by atoms with Gasteiger partial charge in [-0.2, -0.15) is 0 Å². The van der Waals surface area contributed by atoms with Crippen molar-refractivity contribution in [2.24, 2.45) is 34.5 Å². The molecular weight excluding hydrogens is 536 g/mol. The van der Waals surface area contributed by atoms with Crippen LogP contribution in [-0.4, -0.2) is 85.4 Å². The number of aliphatic hydroxyl groups is 1. The summed E-state index contributed by atoms with van der Waals surface area (Å²) in [5.74, 6) is -2.06. The number of fused-ring (bicyclic) bond motifs is 3. The van der Waals surface area contributed by atoms with E-state index in [2.05, 4.69) is 13.8 Å². The van der Waals surface area contributed by atoms with Crippen LogP contribution < -0.4 is 0 Å². The van der Waals surface area contributed by atoms with Crippen LogP contribution in [0, 0.1) is 34.5 Å². The highest BCUT2D eigenvalue weighted by atomic mass is 16.8. The van der Waals surface area contributed by atoms with Crippen LogP contribution in [0.3, 0.4) is 0 Å². The van der Waals surface area contributed by atoms with E-state index in [4.69, 9.17) is 33.2 Å². The molecule has 0 amide bonds. The molecule has 2 saturated carbocycles. The molecule has 41 heavy (non-hydrogen) atoms. The second kappa shape index (κ2) is 11.0. The third-order valence-electron chi connectivity index (χ3n) is 10.7. The third-order valence-corrected chi connectivity index (χ3v) is 10.7. The van der Waals surface area contributed by atoms with Crippen LogP contribution in [0.4, 0.5) is 0 Å². The van der Waals surface area contributed by atoms with E-state index in [9.17, 15) is 19.5 Å². The predicted octanol–water partition coefficient (Wildman–Crippen LogP) is 2.75. The Balaban J connectivity index is 1.58. The first kappa shape index (κ1) is 30.7. The maximum Gasteiger partial charge on any atom is 0.308 e. The van der Waals surface area contributed by atoms with E-state index < -0.39 is 64.9 Å². The van der Waals surface area contributed by atoms with Gasteiger partial charge in [-0.05, 0) is 38.0 Å². The lowest BCUT2D eigenvalue weighted by Gasteiger charge is -2.65. The van der Waals surface area contributed by atoms with Gasteiger partial charge in [-0.15, -0.1) is 0 Å². The lowest BCUT2D eigenvalue weighted by atomic mass is 9.41. The molecule has 12 atom stereocenters. The zero-order chi connectivity index (χ0) is 29.9. The van der Waals surface area contributed by atoms with Crippen LogP contribution in [0.2, 0.25) is 0 Å². The van der Waals surface area contributed by atoms with E-state index in [-0.39, 0.29) is 49.8 Å². The van der Waals surface area contributed by atoms with Crippen molar-refractivity contribution in [3.05, 3.63) is 0 Å². The molecule has 5 aliphatic rings. The minimum atomic E-state index is -1.21. The Morgan fingerprint density at radius 1 is 1.02 bits per heavy atom. The number of hydrogen-bond donors (Lipinski definition) is 1. The van der Waals surface area contributed by atoms with Gasteiger partial charge in [0.25, 0.3) is 0 Å². The van der Waals surface area contributed by atoms with Crippen molar-refractivity contribution in [2.45, 2.75) is 117 Å². The van der Waals surface area contributed by atoms with Crippen molar-refractivity contribution >= 4 is 17.9 Å². The van der Waals surface area contributed by atoms with Crippen LogP contribution in [0.1, 0.15) is 74.1 Å². The molecule has 0 radical (unpaired) electrons. The highest BCUT2D eigenvalue weighted by Gasteiger charge is 2.81. The molecule has 0 bridgehead atoms. The van der Waals surface area contributed by atoms with Crippen molar-refractivity contribution in [3.63, 3.8) is 0 Å². The van der Waals surface area contributed by atoms with Crippen molar-refractivity contribution in [3.8, 4) is 0 Å². The predicted molar refractivity (Wildman–Crippen MR) is 142 cm³/mol. The fourth-order valence-corrected chi connectivity index (χ4v) is 8.47. The summed E-state index contributed by atoms with van der Waals surface area (Å²) in [4.78, 5) is 37.6. The van der Waals surface area contributed by atoms with E-state index >= 15 is 0 Å². The van der Waals surface area contributed by atoms with E-state index in [0.29, 0.717) is 13.0 Å². The van der Waals surface area contributed by atoms with E-state index in [1.54, 1.807) is 13.8 Å². The molecule has 0 aromatic rings. The summed E-state index contributed by atoms with van der Waals surface area (Å²) in [5.41, 5.74) is -2.86. The first-order valence-corrected chi connectivity index (χ1v) is 15.1. The molecule has 11 heteroatoms. The molecule has 0 aromatic carbocycles. The van der Waals surface area contributed by atoms with E-state index in [0.717, 1.165) is 12.8 Å². The van der Waals surface area contributed by atoms with Crippen molar-refractivity contribution in [1.29, 1.82) is 0 Å². The van der Waals surface area contributed by atoms with Crippen molar-refractivity contribution < 1.29 is 52.6 Å². The van der Waals surface area contributed by atoms with Crippen LogP contribution in [0.15, 0.2) is 0 Å². The Morgan fingerprint density at radius 3 is 2.29 bits per heavy atom. The summed E-state index contributed by atoms with van der Waals surface area (Å²) in [6.45, 7) is 13.0. The third kappa shape index (κ3) is 4.89. The topological polar surface area (TPSA) is 139 Å². The van der Waals surface area contributed by atoms with Gasteiger partial charge in [0.15, 0.2) is 18.7 Å². The summed E-state index contributed by atoms with van der Waals surface area (Å²) >= 11 is 0. The molecular formula is C30H46O11. The highest BCUT2D eigenvalue weighted by molar-refractivity contribution is 5.72. The van der Waals surface area contributed by atoms with Gasteiger partial charge < -0.3 is 38.3 Å². The Bertz CT molecular complexity index is 1010. The summed E-state index contributed by atoms with van der Waals surface area (Å²) in [6, 6.07) is 0. The molecule has 5 rings (SSSR count). The van der Waals surface area contributed by atoms with Gasteiger partial charge in [0.1, 0.15) is 18.3 Å². The Kier molecular flexibility index (Phi) is 8.26. The number of rotatable bonds is 8. The second-order valence-corrected chi connectivity index (χ2v) is 13.2. The minimum Gasteiger partial charge on any atom is -0.465 e. The summed E-state index contributed by atoms with van der Waals surface area (Å²) in [6.07, 6.45) is -1.54. The number of aliphatic hydroxyl groups excluding tert-OH is 1. The number of epoxide rings is 1. The van der Waals surface area contributed by atoms with Crippen LogP contribution in [-0.2, 0) is 47.5 Å². The Hall–Kier alpha value is -1.79. The fourth-order valence-electron chi connectivity index (χ4n) is 8.47. The Morgan fingerprint density at radius 2 is 1.73 bits per heavy atom. The fraction of sp³-hybridized carbons (Fsp3) is 0.900. The molecule has 1 N–H and O–H groups in total. The molecule has 11 nitrogen and oxygen atoms in total. The van der Waals surface area contributed by atoms with Gasteiger partial charge in [0, 0.05) is 38.2 Å². The number of carbonyl (C=O) groups excluding carboxylic acids is 3. The normalized spacial score (nSPS) is 46.6. The van der Waals surface area contributed by atoms with Crippen molar-refractivity contribution in [2.75, 3.05) is 19.8 Å². The second-order valence-electron chi connectivity index (χ2n) is 13.2. The average Bonchev–Trinajstić information content (AvgIpc) is 3.44. The first-order chi connectivity index (χ1) is 19.3. The quantitative estimate of drug-likeness (QED) is 0.257. The lowest BCUT2D eigenvalue weighted by molar-refractivity contribution is -0.290. The Labute approximate surface area is 241 Å². The molecule has 2 aliphatic carbocycles. The molecule has 1 unspecified atom stereocenters. The largest absolute Gasteiger partial charge is 0.465 e. The monoisotopic (exact) mass is 582 g/mol. The molecule has 3 heterocycles. The van der Waals surface area contributed by atoms with Gasteiger partial charge in [0.05, 0.1) is 30.1 Å². The molecule has 1 spiro atoms. The van der Waals surface area contributed by atoms with Crippen LogP contribution in [0.25, 0.3) is 0 Å². The molecule has 3 aliphatic heterocycles. The first-order valence-electron chi connectivity index (χ1n) is 15.1. The summed E-state index contributed by atoms with van der Waals surface area (Å²) in [7, 11) is 0. The van der Waals surface area contributed by atoms with Gasteiger partial charge >= 0.3 is 17.9 Å². The standard InChI is InChI=1S/C30H46O11/c1-8-35-24-11-19-10-22(39-27(19)40-24)28(7)16(4)9-23(38-18(6)32)29(13-36-17(5)31)21(28)12-20(33)25(30(29)14-37-30)41-26(34)15(2)3/h15-16,19-25,27,33H,8-14H2,1-7H3/t16-,19+,20+,21-,22+,23+,24?,25+,27-,28+,29+,30-/m1/s1. The minimum absolute atomic E-state index is 0.00779. The molecule has 232 valence electrons. The van der Waals surface area contributed by atoms with Gasteiger partial charge in [-0.3, -0.25) is 14.4 Å². The zero-order valence-electron chi connectivity index (χ0n) is 25.3. The SMILES string of the molecule is CCOC1C[C@@H]2C[C@@H]([C@@]3(C)[C@H](C)C[C@H](OC(C)=O)[C@]4(COC(C)=O)[C@@H]3C[C@H](O)[C@H](OC(=O)C(C)C)[C@]43CO3)O[C@@H]2O1. The maximum atomic E-state index is 12.8. The molecule has 3 saturated heterocycles.